The third-order valence-electron chi connectivity index (χ3n) is 7.47. The van der Waals surface area contributed by atoms with Gasteiger partial charge in [0.05, 0.1) is 24.3 Å². The quantitative estimate of drug-likeness (QED) is 0.150. The highest BCUT2D eigenvalue weighted by Crippen LogP contribution is 2.33. The summed E-state index contributed by atoms with van der Waals surface area (Å²) in [5.41, 5.74) is 1.79. The third-order valence-corrected chi connectivity index (χ3v) is 9.99. The number of rotatable bonds is 16. The molecule has 2 amide bonds. The van der Waals surface area contributed by atoms with Crippen LogP contribution in [-0.4, -0.2) is 64.2 Å². The van der Waals surface area contributed by atoms with Crippen molar-refractivity contribution in [3.63, 3.8) is 0 Å². The second-order valence-electron chi connectivity index (χ2n) is 10.6. The van der Waals surface area contributed by atoms with Gasteiger partial charge in [-0.15, -0.1) is 11.8 Å². The molecule has 1 N–H and O–H groups in total. The predicted molar refractivity (Wildman–Crippen MR) is 187 cm³/mol. The van der Waals surface area contributed by atoms with Crippen molar-refractivity contribution in [2.45, 2.75) is 42.6 Å². The summed E-state index contributed by atoms with van der Waals surface area (Å²) in [6.45, 7) is 3.73. The first-order chi connectivity index (χ1) is 22.7. The first kappa shape index (κ1) is 35.4. The van der Waals surface area contributed by atoms with Crippen molar-refractivity contribution in [3.8, 4) is 11.5 Å². The van der Waals surface area contributed by atoms with Crippen molar-refractivity contribution in [2.24, 2.45) is 0 Å². The predicted octanol–water partition coefficient (Wildman–Crippen LogP) is 5.79. The molecule has 9 nitrogen and oxygen atoms in total. The van der Waals surface area contributed by atoms with E-state index in [1.807, 2.05) is 55.6 Å². The van der Waals surface area contributed by atoms with Gasteiger partial charge in [0.25, 0.3) is 10.0 Å². The summed E-state index contributed by atoms with van der Waals surface area (Å²) in [4.78, 5) is 30.7. The smallest absolute Gasteiger partial charge is 0.264 e. The zero-order valence-corrected chi connectivity index (χ0v) is 28.7. The number of nitrogens with one attached hydrogen (secondary N) is 1. The zero-order chi connectivity index (χ0) is 33.8. The van der Waals surface area contributed by atoms with E-state index in [0.717, 1.165) is 20.3 Å². The largest absolute Gasteiger partial charge is 0.497 e. The number of methoxy groups -OCH3 is 1. The maximum Gasteiger partial charge on any atom is 0.264 e. The molecule has 0 saturated carbocycles. The average Bonchev–Trinajstić information content (AvgIpc) is 3.09. The highest BCUT2D eigenvalue weighted by atomic mass is 32.2. The summed E-state index contributed by atoms with van der Waals surface area (Å²) >= 11 is 1.49. The van der Waals surface area contributed by atoms with Gasteiger partial charge < -0.3 is 19.7 Å². The lowest BCUT2D eigenvalue weighted by Gasteiger charge is -2.34. The van der Waals surface area contributed by atoms with Crippen LogP contribution in [0, 0.1) is 0 Å². The number of likely N-dealkylation sites (N-methyl/N-ethyl adjacent to an activating group) is 1. The maximum atomic E-state index is 14.6. The summed E-state index contributed by atoms with van der Waals surface area (Å²) in [5, 5.41) is 2.88. The summed E-state index contributed by atoms with van der Waals surface area (Å²) in [6, 6.07) is 29.0. The number of ether oxygens (including phenoxy) is 2. The Labute approximate surface area is 281 Å². The molecule has 0 bridgehead atoms. The van der Waals surface area contributed by atoms with Crippen LogP contribution < -0.4 is 19.1 Å². The number of carbonyl (C=O) groups excluding carboxylic acids is 2. The number of para-hydroxylation sites is 2. The van der Waals surface area contributed by atoms with E-state index in [2.05, 4.69) is 5.32 Å². The second-order valence-corrected chi connectivity index (χ2v) is 13.3. The van der Waals surface area contributed by atoms with Crippen LogP contribution >= 0.6 is 11.8 Å². The van der Waals surface area contributed by atoms with Crippen molar-refractivity contribution in [1.82, 2.24) is 10.2 Å². The summed E-state index contributed by atoms with van der Waals surface area (Å²) in [7, 11) is -2.72. The number of thioether (sulfide) groups is 1. The summed E-state index contributed by atoms with van der Waals surface area (Å²) in [6.07, 6.45) is 2.13. The molecule has 0 heterocycles. The minimum Gasteiger partial charge on any atom is -0.497 e. The van der Waals surface area contributed by atoms with Gasteiger partial charge in [-0.2, -0.15) is 0 Å². The Morgan fingerprint density at radius 1 is 0.872 bits per heavy atom. The summed E-state index contributed by atoms with van der Waals surface area (Å²) < 4.78 is 41.1. The van der Waals surface area contributed by atoms with Crippen molar-refractivity contribution in [2.75, 3.05) is 37.4 Å². The van der Waals surface area contributed by atoms with Crippen LogP contribution in [0.5, 0.6) is 11.5 Å². The molecule has 0 saturated heterocycles. The topological polar surface area (TPSA) is 105 Å². The first-order valence-corrected chi connectivity index (χ1v) is 18.0. The molecular formula is C36H41N3O6S2. The molecule has 0 spiro atoms. The monoisotopic (exact) mass is 675 g/mol. The van der Waals surface area contributed by atoms with E-state index < -0.39 is 28.5 Å². The fourth-order valence-electron chi connectivity index (χ4n) is 5.14. The standard InChI is InChI=1S/C36H41N3O6S2/c1-5-37-36(41)33(24-27-13-8-7-9-14-27)38(25-28-15-12-16-29(23-28)44-3)35(40)26-39(32-17-10-11-18-34(32)45-6-2)47(42,43)31-21-19-30(46-4)20-22-31/h7-23,33H,5-6,24-26H2,1-4H3,(H,37,41). The van der Waals surface area contributed by atoms with Crippen molar-refractivity contribution < 1.29 is 27.5 Å². The molecule has 0 aromatic heterocycles. The lowest BCUT2D eigenvalue weighted by molar-refractivity contribution is -0.140. The Kier molecular flexibility index (Phi) is 12.7. The van der Waals surface area contributed by atoms with Gasteiger partial charge in [-0.25, -0.2) is 8.42 Å². The molecule has 0 aliphatic rings. The number of hydrogen-bond donors (Lipinski definition) is 1. The Bertz CT molecular complexity index is 1730. The van der Waals surface area contributed by atoms with E-state index in [9.17, 15) is 18.0 Å². The van der Waals surface area contributed by atoms with Gasteiger partial charge >= 0.3 is 0 Å². The number of benzene rings is 4. The van der Waals surface area contributed by atoms with Crippen LogP contribution in [0.1, 0.15) is 25.0 Å². The lowest BCUT2D eigenvalue weighted by atomic mass is 10.0. The van der Waals surface area contributed by atoms with Crippen LogP contribution in [0.25, 0.3) is 0 Å². The van der Waals surface area contributed by atoms with Gasteiger partial charge in [0, 0.05) is 24.4 Å². The fourth-order valence-corrected chi connectivity index (χ4v) is 6.98. The van der Waals surface area contributed by atoms with Gasteiger partial charge in [-0.1, -0.05) is 54.6 Å². The molecular weight excluding hydrogens is 635 g/mol. The van der Waals surface area contributed by atoms with E-state index in [4.69, 9.17) is 9.47 Å². The first-order valence-electron chi connectivity index (χ1n) is 15.3. The van der Waals surface area contributed by atoms with E-state index in [-0.39, 0.29) is 29.5 Å². The Hall–Kier alpha value is -4.48. The van der Waals surface area contributed by atoms with Gasteiger partial charge in [0.1, 0.15) is 24.1 Å². The highest BCUT2D eigenvalue weighted by Gasteiger charge is 2.35. The highest BCUT2D eigenvalue weighted by molar-refractivity contribution is 7.98. The van der Waals surface area contributed by atoms with Crippen LogP contribution in [0.3, 0.4) is 0 Å². The molecule has 47 heavy (non-hydrogen) atoms. The average molecular weight is 676 g/mol. The van der Waals surface area contributed by atoms with Gasteiger partial charge in [0.2, 0.25) is 11.8 Å². The normalized spacial score (nSPS) is 11.7. The number of anilines is 1. The molecule has 0 fully saturated rings. The minimum absolute atomic E-state index is 0.0262. The van der Waals surface area contributed by atoms with Crippen molar-refractivity contribution in [1.29, 1.82) is 0 Å². The van der Waals surface area contributed by atoms with E-state index in [1.165, 1.54) is 28.8 Å². The second kappa shape index (κ2) is 16.9. The third kappa shape index (κ3) is 9.08. The number of amides is 2. The van der Waals surface area contributed by atoms with Crippen molar-refractivity contribution in [3.05, 3.63) is 114 Å². The molecule has 11 heteroatoms. The van der Waals surface area contributed by atoms with E-state index in [0.29, 0.717) is 24.7 Å². The Morgan fingerprint density at radius 2 is 1.55 bits per heavy atom. The minimum atomic E-state index is -4.27. The van der Waals surface area contributed by atoms with Crippen LogP contribution in [0.15, 0.2) is 113 Å². The molecule has 0 aliphatic carbocycles. The van der Waals surface area contributed by atoms with Gasteiger partial charge in [-0.3, -0.25) is 13.9 Å². The molecule has 1 unspecified atom stereocenters. The zero-order valence-electron chi connectivity index (χ0n) is 27.1. The van der Waals surface area contributed by atoms with Crippen LogP contribution in [0.2, 0.25) is 0 Å². The molecule has 0 radical (unpaired) electrons. The Balaban J connectivity index is 1.84. The molecule has 1 atom stereocenters. The van der Waals surface area contributed by atoms with Crippen LogP contribution in [0.4, 0.5) is 5.69 Å². The maximum absolute atomic E-state index is 14.6. The van der Waals surface area contributed by atoms with E-state index >= 15 is 0 Å². The molecule has 4 aromatic rings. The number of sulfonamides is 1. The number of carbonyl (C=O) groups is 2. The lowest BCUT2D eigenvalue weighted by Crippen LogP contribution is -2.53. The van der Waals surface area contributed by atoms with Crippen LogP contribution in [-0.2, 0) is 32.6 Å². The van der Waals surface area contributed by atoms with Gasteiger partial charge in [0.15, 0.2) is 0 Å². The SMILES string of the molecule is CCNC(=O)C(Cc1ccccc1)N(Cc1cccc(OC)c1)C(=O)CN(c1ccccc1OCC)S(=O)(=O)c1ccc(SC)cc1. The van der Waals surface area contributed by atoms with E-state index in [1.54, 1.807) is 62.6 Å². The molecule has 4 aromatic carbocycles. The van der Waals surface area contributed by atoms with Crippen molar-refractivity contribution >= 4 is 39.3 Å². The number of nitrogens with zero attached hydrogens (tertiary/aromatic N) is 2. The molecule has 248 valence electrons. The Morgan fingerprint density at radius 3 is 2.21 bits per heavy atom. The van der Waals surface area contributed by atoms with Gasteiger partial charge in [-0.05, 0) is 79.8 Å². The molecule has 4 rings (SSSR count). The molecule has 0 aliphatic heterocycles. The summed E-state index contributed by atoms with van der Waals surface area (Å²) in [5.74, 6) is 0.00654. The number of hydrogen-bond acceptors (Lipinski definition) is 7. The fraction of sp³-hybridized carbons (Fsp3) is 0.278.